The van der Waals surface area contributed by atoms with Gasteiger partial charge >= 0.3 is 0 Å². The zero-order valence-electron chi connectivity index (χ0n) is 12.4. The van der Waals surface area contributed by atoms with Crippen LogP contribution < -0.4 is 0 Å². The molecule has 1 aliphatic rings. The lowest BCUT2D eigenvalue weighted by Gasteiger charge is -2.31. The maximum Gasteiger partial charge on any atom is 0.166 e. The minimum atomic E-state index is 0.155. The Labute approximate surface area is 135 Å². The highest BCUT2D eigenvalue weighted by Crippen LogP contribution is 2.23. The molecule has 0 spiro atoms. The van der Waals surface area contributed by atoms with Crippen molar-refractivity contribution in [2.75, 3.05) is 13.1 Å². The van der Waals surface area contributed by atoms with E-state index in [2.05, 4.69) is 9.88 Å². The SMILES string of the molecule is O=C(c1ccccc1)C1CCN(Cc2ccc(Cl)nc2)CC1. The molecule has 0 atom stereocenters. The van der Waals surface area contributed by atoms with Crippen LogP contribution in [-0.4, -0.2) is 28.8 Å². The number of benzene rings is 1. The fourth-order valence-corrected chi connectivity index (χ4v) is 3.06. The molecule has 4 heteroatoms. The fraction of sp³-hybridized carbons (Fsp3) is 0.333. The number of nitrogens with zero attached hydrogens (tertiary/aromatic N) is 2. The Hall–Kier alpha value is -1.71. The summed E-state index contributed by atoms with van der Waals surface area (Å²) in [4.78, 5) is 18.9. The number of carbonyl (C=O) groups is 1. The van der Waals surface area contributed by atoms with Gasteiger partial charge in [-0.05, 0) is 37.6 Å². The number of Topliss-reactive ketones (excluding diaryl/α,β-unsaturated/α-hetero) is 1. The molecule has 3 nitrogen and oxygen atoms in total. The van der Waals surface area contributed by atoms with Gasteiger partial charge in [0.25, 0.3) is 0 Å². The summed E-state index contributed by atoms with van der Waals surface area (Å²) in [7, 11) is 0. The first kappa shape index (κ1) is 15.2. The highest BCUT2D eigenvalue weighted by atomic mass is 35.5. The van der Waals surface area contributed by atoms with Crippen LogP contribution in [0.2, 0.25) is 5.15 Å². The van der Waals surface area contributed by atoms with Crippen molar-refractivity contribution in [3.05, 3.63) is 64.9 Å². The van der Waals surface area contributed by atoms with Gasteiger partial charge in [0, 0.05) is 24.2 Å². The maximum absolute atomic E-state index is 12.5. The first-order valence-corrected chi connectivity index (χ1v) is 8.02. The quantitative estimate of drug-likeness (QED) is 0.635. The van der Waals surface area contributed by atoms with Gasteiger partial charge in [-0.15, -0.1) is 0 Å². The summed E-state index contributed by atoms with van der Waals surface area (Å²) in [6.07, 6.45) is 3.67. The molecule has 22 heavy (non-hydrogen) atoms. The zero-order valence-corrected chi connectivity index (χ0v) is 13.2. The Bertz CT molecular complexity index is 619. The van der Waals surface area contributed by atoms with Crippen molar-refractivity contribution < 1.29 is 4.79 Å². The van der Waals surface area contributed by atoms with Crippen LogP contribution in [0.15, 0.2) is 48.7 Å². The predicted octanol–water partition coefficient (Wildman–Crippen LogP) is 3.83. The molecule has 0 saturated carbocycles. The molecule has 0 aliphatic carbocycles. The van der Waals surface area contributed by atoms with Gasteiger partial charge in [0.2, 0.25) is 0 Å². The molecule has 0 unspecified atom stereocenters. The van der Waals surface area contributed by atoms with E-state index in [0.717, 1.165) is 43.6 Å². The summed E-state index contributed by atoms with van der Waals surface area (Å²) in [5.41, 5.74) is 2.00. The second-order valence-corrected chi connectivity index (χ2v) is 6.16. The molecule has 3 rings (SSSR count). The Kier molecular flexibility index (Phi) is 4.86. The van der Waals surface area contributed by atoms with Crippen LogP contribution in [0.5, 0.6) is 0 Å². The van der Waals surface area contributed by atoms with Gasteiger partial charge in [0.05, 0.1) is 0 Å². The van der Waals surface area contributed by atoms with E-state index in [1.54, 1.807) is 0 Å². The third-order valence-corrected chi connectivity index (χ3v) is 4.44. The minimum absolute atomic E-state index is 0.155. The first-order chi connectivity index (χ1) is 10.7. The number of piperidine rings is 1. The number of halogens is 1. The van der Waals surface area contributed by atoms with Gasteiger partial charge in [0.1, 0.15) is 5.15 Å². The number of hydrogen-bond donors (Lipinski definition) is 0. The molecule has 1 aliphatic heterocycles. The van der Waals surface area contributed by atoms with E-state index in [1.807, 2.05) is 48.7 Å². The monoisotopic (exact) mass is 314 g/mol. The van der Waals surface area contributed by atoms with Crippen LogP contribution in [0, 0.1) is 5.92 Å². The third-order valence-electron chi connectivity index (χ3n) is 4.21. The number of pyridine rings is 1. The highest BCUT2D eigenvalue weighted by Gasteiger charge is 2.25. The van der Waals surface area contributed by atoms with Gasteiger partial charge in [-0.25, -0.2) is 4.98 Å². The summed E-state index contributed by atoms with van der Waals surface area (Å²) in [5.74, 6) is 0.440. The van der Waals surface area contributed by atoms with Crippen molar-refractivity contribution in [1.29, 1.82) is 0 Å². The van der Waals surface area contributed by atoms with Crippen LogP contribution in [0.1, 0.15) is 28.8 Å². The fourth-order valence-electron chi connectivity index (χ4n) is 2.95. The average molecular weight is 315 g/mol. The summed E-state index contributed by atoms with van der Waals surface area (Å²) in [6.45, 7) is 2.77. The summed E-state index contributed by atoms with van der Waals surface area (Å²) < 4.78 is 0. The largest absolute Gasteiger partial charge is 0.299 e. The van der Waals surface area contributed by atoms with E-state index in [0.29, 0.717) is 5.15 Å². The Morgan fingerprint density at radius 2 is 1.86 bits per heavy atom. The molecule has 0 radical (unpaired) electrons. The molecule has 1 aromatic carbocycles. The Morgan fingerprint density at radius 3 is 2.50 bits per heavy atom. The van der Waals surface area contributed by atoms with Crippen molar-refractivity contribution >= 4 is 17.4 Å². The topological polar surface area (TPSA) is 33.2 Å². The molecule has 0 N–H and O–H groups in total. The lowest BCUT2D eigenvalue weighted by atomic mass is 9.89. The van der Waals surface area contributed by atoms with E-state index in [9.17, 15) is 4.79 Å². The molecule has 1 saturated heterocycles. The van der Waals surface area contributed by atoms with Crippen molar-refractivity contribution in [3.63, 3.8) is 0 Å². The molecule has 0 amide bonds. The van der Waals surface area contributed by atoms with Crippen molar-refractivity contribution in [1.82, 2.24) is 9.88 Å². The molecular weight excluding hydrogens is 296 g/mol. The number of aromatic nitrogens is 1. The first-order valence-electron chi connectivity index (χ1n) is 7.64. The number of rotatable bonds is 4. The van der Waals surface area contributed by atoms with E-state index in [-0.39, 0.29) is 11.7 Å². The Balaban J connectivity index is 1.54. The van der Waals surface area contributed by atoms with Gasteiger partial charge in [-0.1, -0.05) is 48.0 Å². The third kappa shape index (κ3) is 3.73. The van der Waals surface area contributed by atoms with Gasteiger partial charge in [-0.2, -0.15) is 0 Å². The van der Waals surface area contributed by atoms with Crippen molar-refractivity contribution in [2.45, 2.75) is 19.4 Å². The molecule has 2 heterocycles. The molecule has 2 aromatic rings. The molecule has 1 aromatic heterocycles. The number of likely N-dealkylation sites (tertiary alicyclic amines) is 1. The van der Waals surface area contributed by atoms with Gasteiger partial charge < -0.3 is 0 Å². The van der Waals surface area contributed by atoms with Crippen LogP contribution in [0.4, 0.5) is 0 Å². The number of ketones is 1. The van der Waals surface area contributed by atoms with E-state index >= 15 is 0 Å². The molecule has 0 bridgehead atoms. The summed E-state index contributed by atoms with van der Waals surface area (Å²) in [6, 6.07) is 13.5. The predicted molar refractivity (Wildman–Crippen MR) is 88.0 cm³/mol. The average Bonchev–Trinajstić information content (AvgIpc) is 2.58. The van der Waals surface area contributed by atoms with Gasteiger partial charge in [0.15, 0.2) is 5.78 Å². The highest BCUT2D eigenvalue weighted by molar-refractivity contribution is 6.29. The Morgan fingerprint density at radius 1 is 1.14 bits per heavy atom. The van der Waals surface area contributed by atoms with E-state index in [4.69, 9.17) is 11.6 Å². The van der Waals surface area contributed by atoms with Crippen LogP contribution >= 0.6 is 11.6 Å². The van der Waals surface area contributed by atoms with Crippen LogP contribution in [0.3, 0.4) is 0 Å². The second-order valence-electron chi connectivity index (χ2n) is 5.77. The number of hydrogen-bond acceptors (Lipinski definition) is 3. The van der Waals surface area contributed by atoms with E-state index < -0.39 is 0 Å². The second kappa shape index (κ2) is 7.03. The van der Waals surface area contributed by atoms with Gasteiger partial charge in [-0.3, -0.25) is 9.69 Å². The molecule has 114 valence electrons. The molecule has 1 fully saturated rings. The molecular formula is C18H19ClN2O. The zero-order chi connectivity index (χ0) is 15.4. The standard InChI is InChI=1S/C18H19ClN2O/c19-17-7-6-14(12-20-17)13-21-10-8-16(9-11-21)18(22)15-4-2-1-3-5-15/h1-7,12,16H,8-11,13H2. The normalized spacial score (nSPS) is 16.6. The minimum Gasteiger partial charge on any atom is -0.299 e. The van der Waals surface area contributed by atoms with Crippen molar-refractivity contribution in [2.24, 2.45) is 5.92 Å². The lowest BCUT2D eigenvalue weighted by Crippen LogP contribution is -2.36. The van der Waals surface area contributed by atoms with Crippen molar-refractivity contribution in [3.8, 4) is 0 Å². The summed E-state index contributed by atoms with van der Waals surface area (Å²) in [5, 5.41) is 0.524. The summed E-state index contributed by atoms with van der Waals surface area (Å²) >= 11 is 5.80. The van der Waals surface area contributed by atoms with Crippen LogP contribution in [-0.2, 0) is 6.54 Å². The number of carbonyl (C=O) groups excluding carboxylic acids is 1. The van der Waals surface area contributed by atoms with E-state index in [1.165, 1.54) is 0 Å². The lowest BCUT2D eigenvalue weighted by molar-refractivity contribution is 0.0835. The maximum atomic E-state index is 12.5. The smallest absolute Gasteiger partial charge is 0.166 e. The van der Waals surface area contributed by atoms with Crippen LogP contribution in [0.25, 0.3) is 0 Å².